The van der Waals surface area contributed by atoms with Crippen LogP contribution in [0.1, 0.15) is 17.3 Å². The molecule has 1 rings (SSSR count). The van der Waals surface area contributed by atoms with Crippen LogP contribution in [0.2, 0.25) is 0 Å². The molecule has 0 heterocycles. The molecule has 1 aromatic carbocycles. The Hall–Kier alpha value is -2.59. The topological polar surface area (TPSA) is 76.7 Å². The number of carbonyl (C=O) groups is 1. The Morgan fingerprint density at radius 2 is 1.94 bits per heavy atom. The van der Waals surface area contributed by atoms with E-state index in [1.165, 1.54) is 13.1 Å². The molecule has 1 N–H and O–H groups in total. The molecule has 0 aliphatic rings. The second-order valence-corrected chi connectivity index (χ2v) is 3.03. The molecular formula is C12H9N3O. The summed E-state index contributed by atoms with van der Waals surface area (Å²) >= 11 is 0. The van der Waals surface area contributed by atoms with Crippen LogP contribution in [0.15, 0.2) is 36.0 Å². The maximum atomic E-state index is 11.3. The van der Waals surface area contributed by atoms with Crippen molar-refractivity contribution >= 4 is 11.5 Å². The Bertz CT molecular complexity index is 502. The number of ketones is 1. The lowest BCUT2D eigenvalue weighted by Crippen LogP contribution is -1.99. The van der Waals surface area contributed by atoms with E-state index >= 15 is 0 Å². The predicted molar refractivity (Wildman–Crippen MR) is 59.4 cm³/mol. The molecule has 4 heteroatoms. The molecule has 0 aliphatic carbocycles. The number of benzene rings is 1. The van der Waals surface area contributed by atoms with Gasteiger partial charge in [0.05, 0.1) is 0 Å². The molecule has 0 aliphatic heterocycles. The lowest BCUT2D eigenvalue weighted by atomic mass is 10.1. The van der Waals surface area contributed by atoms with Crippen molar-refractivity contribution in [2.75, 3.05) is 5.32 Å². The third-order valence-electron chi connectivity index (χ3n) is 1.92. The number of nitrogens with zero attached hydrogens (tertiary/aromatic N) is 2. The molecule has 1 aromatic rings. The predicted octanol–water partition coefficient (Wildman–Crippen LogP) is 2.23. The Morgan fingerprint density at radius 1 is 1.31 bits per heavy atom. The number of nitriles is 2. The Labute approximate surface area is 93.4 Å². The molecule has 0 bridgehead atoms. The quantitative estimate of drug-likeness (QED) is 0.614. The SMILES string of the molecule is CC(=O)c1ccccc1NC=C(C#N)C#N. The Balaban J connectivity index is 3.00. The highest BCUT2D eigenvalue weighted by atomic mass is 16.1. The van der Waals surface area contributed by atoms with Gasteiger partial charge in [0.25, 0.3) is 0 Å². The van der Waals surface area contributed by atoms with Gasteiger partial charge in [0.15, 0.2) is 5.78 Å². The molecule has 0 aromatic heterocycles. The van der Waals surface area contributed by atoms with Gasteiger partial charge in [-0.05, 0) is 19.1 Å². The van der Waals surface area contributed by atoms with Crippen molar-refractivity contribution in [3.63, 3.8) is 0 Å². The average molecular weight is 211 g/mol. The molecule has 0 saturated heterocycles. The van der Waals surface area contributed by atoms with Crippen LogP contribution in [0.25, 0.3) is 0 Å². The zero-order valence-electron chi connectivity index (χ0n) is 8.69. The van der Waals surface area contributed by atoms with E-state index in [1.54, 1.807) is 36.4 Å². The highest BCUT2D eigenvalue weighted by Gasteiger charge is 2.04. The van der Waals surface area contributed by atoms with E-state index in [4.69, 9.17) is 10.5 Å². The van der Waals surface area contributed by atoms with E-state index in [0.29, 0.717) is 11.3 Å². The third-order valence-corrected chi connectivity index (χ3v) is 1.92. The van der Waals surface area contributed by atoms with Crippen LogP contribution in [0.3, 0.4) is 0 Å². The van der Waals surface area contributed by atoms with Gasteiger partial charge in [-0.15, -0.1) is 0 Å². The van der Waals surface area contributed by atoms with Gasteiger partial charge >= 0.3 is 0 Å². The maximum Gasteiger partial charge on any atom is 0.161 e. The molecule has 0 atom stereocenters. The van der Waals surface area contributed by atoms with Gasteiger partial charge in [-0.2, -0.15) is 10.5 Å². The molecule has 0 spiro atoms. The van der Waals surface area contributed by atoms with Gasteiger partial charge in [0.2, 0.25) is 0 Å². The van der Waals surface area contributed by atoms with Crippen LogP contribution >= 0.6 is 0 Å². The van der Waals surface area contributed by atoms with Crippen molar-refractivity contribution in [1.29, 1.82) is 10.5 Å². The number of hydrogen-bond donors (Lipinski definition) is 1. The van der Waals surface area contributed by atoms with E-state index in [9.17, 15) is 4.79 Å². The van der Waals surface area contributed by atoms with Crippen LogP contribution in [-0.4, -0.2) is 5.78 Å². The molecule has 0 unspecified atom stereocenters. The second-order valence-electron chi connectivity index (χ2n) is 3.03. The number of carbonyl (C=O) groups excluding carboxylic acids is 1. The molecule has 0 fully saturated rings. The molecule has 0 radical (unpaired) electrons. The Kier molecular flexibility index (Phi) is 3.83. The summed E-state index contributed by atoms with van der Waals surface area (Å²) < 4.78 is 0. The lowest BCUT2D eigenvalue weighted by molar-refractivity contribution is 0.101. The zero-order chi connectivity index (χ0) is 12.0. The number of nitrogens with one attached hydrogen (secondary N) is 1. The number of rotatable bonds is 3. The summed E-state index contributed by atoms with van der Waals surface area (Å²) in [6.07, 6.45) is 1.28. The largest absolute Gasteiger partial charge is 0.359 e. The zero-order valence-corrected chi connectivity index (χ0v) is 8.69. The van der Waals surface area contributed by atoms with Crippen molar-refractivity contribution in [2.45, 2.75) is 6.92 Å². The summed E-state index contributed by atoms with van der Waals surface area (Å²) in [5.74, 6) is -0.0769. The van der Waals surface area contributed by atoms with E-state index in [2.05, 4.69) is 5.32 Å². The van der Waals surface area contributed by atoms with Crippen LogP contribution in [0.5, 0.6) is 0 Å². The number of para-hydroxylation sites is 1. The summed E-state index contributed by atoms with van der Waals surface area (Å²) in [6.45, 7) is 1.46. The number of allylic oxidation sites excluding steroid dienone is 1. The van der Waals surface area contributed by atoms with Crippen LogP contribution in [-0.2, 0) is 0 Å². The fraction of sp³-hybridized carbons (Fsp3) is 0.0833. The molecular weight excluding hydrogens is 202 g/mol. The number of hydrogen-bond acceptors (Lipinski definition) is 4. The van der Waals surface area contributed by atoms with Gasteiger partial charge in [-0.25, -0.2) is 0 Å². The summed E-state index contributed by atoms with van der Waals surface area (Å²) in [4.78, 5) is 11.3. The van der Waals surface area contributed by atoms with Crippen molar-refractivity contribution in [2.24, 2.45) is 0 Å². The molecule has 0 amide bonds. The summed E-state index contributed by atoms with van der Waals surface area (Å²) in [5.41, 5.74) is 1.06. The van der Waals surface area contributed by atoms with Crippen molar-refractivity contribution in [3.8, 4) is 12.1 Å². The highest BCUT2D eigenvalue weighted by molar-refractivity contribution is 5.99. The first-order chi connectivity index (χ1) is 7.69. The first-order valence-electron chi connectivity index (χ1n) is 4.56. The summed E-state index contributed by atoms with van der Waals surface area (Å²) in [7, 11) is 0. The van der Waals surface area contributed by atoms with Crippen molar-refractivity contribution in [3.05, 3.63) is 41.6 Å². The molecule has 78 valence electrons. The van der Waals surface area contributed by atoms with Gasteiger partial charge in [-0.1, -0.05) is 12.1 Å². The van der Waals surface area contributed by atoms with Gasteiger partial charge in [-0.3, -0.25) is 4.79 Å². The van der Waals surface area contributed by atoms with Gasteiger partial charge in [0.1, 0.15) is 17.7 Å². The van der Waals surface area contributed by atoms with Crippen LogP contribution in [0.4, 0.5) is 5.69 Å². The molecule has 0 saturated carbocycles. The van der Waals surface area contributed by atoms with Crippen molar-refractivity contribution in [1.82, 2.24) is 0 Å². The van der Waals surface area contributed by atoms with Crippen LogP contribution in [0, 0.1) is 22.7 Å². The smallest absolute Gasteiger partial charge is 0.161 e. The Morgan fingerprint density at radius 3 is 2.50 bits per heavy atom. The minimum Gasteiger partial charge on any atom is -0.359 e. The van der Waals surface area contributed by atoms with E-state index in [0.717, 1.165) is 0 Å². The van der Waals surface area contributed by atoms with Gasteiger partial charge in [0, 0.05) is 17.5 Å². The maximum absolute atomic E-state index is 11.3. The van der Waals surface area contributed by atoms with E-state index < -0.39 is 0 Å². The monoisotopic (exact) mass is 211 g/mol. The third kappa shape index (κ3) is 2.70. The standard InChI is InChI=1S/C12H9N3O/c1-9(16)11-4-2-3-5-12(11)15-8-10(6-13)7-14/h2-5,8,15H,1H3. The second kappa shape index (κ2) is 5.33. The van der Waals surface area contributed by atoms with Gasteiger partial charge < -0.3 is 5.32 Å². The number of Topliss-reactive ketones (excluding diaryl/α,β-unsaturated/α-hetero) is 1. The van der Waals surface area contributed by atoms with E-state index in [-0.39, 0.29) is 11.4 Å². The fourth-order valence-electron chi connectivity index (χ4n) is 1.16. The normalized spacial score (nSPS) is 8.44. The minimum absolute atomic E-state index is 0.0432. The first kappa shape index (κ1) is 11.5. The summed E-state index contributed by atoms with van der Waals surface area (Å²) in [5, 5.41) is 19.8. The average Bonchev–Trinajstić information content (AvgIpc) is 2.30. The van der Waals surface area contributed by atoms with E-state index in [1.807, 2.05) is 0 Å². The van der Waals surface area contributed by atoms with Crippen LogP contribution < -0.4 is 5.32 Å². The lowest BCUT2D eigenvalue weighted by Gasteiger charge is -2.05. The van der Waals surface area contributed by atoms with Crippen molar-refractivity contribution < 1.29 is 4.79 Å². The highest BCUT2D eigenvalue weighted by Crippen LogP contribution is 2.15. The summed E-state index contributed by atoms with van der Waals surface area (Å²) in [6, 6.07) is 10.3. The minimum atomic E-state index is -0.0769. The first-order valence-corrected chi connectivity index (χ1v) is 4.56. The fourth-order valence-corrected chi connectivity index (χ4v) is 1.16. The molecule has 4 nitrogen and oxygen atoms in total. The molecule has 16 heavy (non-hydrogen) atoms. The number of anilines is 1.